The van der Waals surface area contributed by atoms with E-state index >= 15 is 0 Å². The first kappa shape index (κ1) is 18.8. The lowest BCUT2D eigenvalue weighted by Gasteiger charge is -2.25. The van der Waals surface area contributed by atoms with Crippen LogP contribution in [0.4, 0.5) is 18.9 Å². The molecule has 2 N–H and O–H groups in total. The Morgan fingerprint density at radius 1 is 1.20 bits per heavy atom. The molecule has 0 heterocycles. The first-order valence-electron chi connectivity index (χ1n) is 7.03. The van der Waals surface area contributed by atoms with Crippen molar-refractivity contribution in [1.82, 2.24) is 0 Å². The summed E-state index contributed by atoms with van der Waals surface area (Å²) >= 11 is 1.23. The van der Waals surface area contributed by atoms with Crippen molar-refractivity contribution in [2.24, 2.45) is 0 Å². The number of nitrogens with one attached hydrogen (secondary N) is 1. The summed E-state index contributed by atoms with van der Waals surface area (Å²) in [5.74, 6) is -1.60. The molecule has 4 nitrogen and oxygen atoms in total. The summed E-state index contributed by atoms with van der Waals surface area (Å²) in [6, 6.07) is 15.1. The van der Waals surface area contributed by atoms with E-state index in [4.69, 9.17) is 5.26 Å². The zero-order chi connectivity index (χ0) is 18.7. The van der Waals surface area contributed by atoms with Gasteiger partial charge in [0.05, 0.1) is 5.56 Å². The van der Waals surface area contributed by atoms with E-state index in [0.29, 0.717) is 17.4 Å². The molecule has 0 aromatic heterocycles. The number of amides is 1. The average molecular weight is 366 g/mol. The Balaban J connectivity index is 2.28. The largest absolute Gasteiger partial charge is 0.426 e. The molecule has 8 heteroatoms. The Labute approximate surface area is 146 Å². The fourth-order valence-corrected chi connectivity index (χ4v) is 2.73. The maximum absolute atomic E-state index is 12.7. The third-order valence-electron chi connectivity index (χ3n) is 3.33. The smallest absolute Gasteiger partial charge is 0.373 e. The molecule has 0 saturated carbocycles. The zero-order valence-corrected chi connectivity index (χ0v) is 13.8. The van der Waals surface area contributed by atoms with Crippen molar-refractivity contribution in [3.05, 3.63) is 54.1 Å². The molecule has 130 valence electrons. The Hall–Kier alpha value is -2.50. The minimum Gasteiger partial charge on any atom is -0.373 e. The van der Waals surface area contributed by atoms with Crippen molar-refractivity contribution in [2.45, 2.75) is 28.5 Å². The van der Waals surface area contributed by atoms with E-state index in [1.165, 1.54) is 30.0 Å². The van der Waals surface area contributed by atoms with Gasteiger partial charge in [0.1, 0.15) is 6.07 Å². The number of rotatable bonds is 4. The fraction of sp³-hybridized carbons (Fsp3) is 0.176. The fourth-order valence-electron chi connectivity index (χ4n) is 1.77. The van der Waals surface area contributed by atoms with Crippen LogP contribution in [0.3, 0.4) is 0 Å². The minimum absolute atomic E-state index is 0.0481. The van der Waals surface area contributed by atoms with Crippen LogP contribution in [-0.2, 0) is 4.79 Å². The Morgan fingerprint density at radius 2 is 1.84 bits per heavy atom. The van der Waals surface area contributed by atoms with Crippen molar-refractivity contribution in [3.8, 4) is 6.07 Å². The van der Waals surface area contributed by atoms with Crippen LogP contribution in [0.15, 0.2) is 58.3 Å². The van der Waals surface area contributed by atoms with Crippen LogP contribution in [0.25, 0.3) is 0 Å². The minimum atomic E-state index is -5.11. The molecule has 0 bridgehead atoms. The lowest BCUT2D eigenvalue weighted by Crippen LogP contribution is -2.52. The van der Waals surface area contributed by atoms with Crippen LogP contribution in [0.5, 0.6) is 0 Å². The highest BCUT2D eigenvalue weighted by Crippen LogP contribution is 2.34. The average Bonchev–Trinajstić information content (AvgIpc) is 2.55. The van der Waals surface area contributed by atoms with Gasteiger partial charge in [0.15, 0.2) is 0 Å². The molecule has 0 fully saturated rings. The molecular weight excluding hydrogens is 353 g/mol. The van der Waals surface area contributed by atoms with Crippen LogP contribution in [0, 0.1) is 11.3 Å². The van der Waals surface area contributed by atoms with E-state index in [9.17, 15) is 23.1 Å². The maximum Gasteiger partial charge on any atom is 0.426 e. The van der Waals surface area contributed by atoms with Crippen LogP contribution >= 0.6 is 11.8 Å². The maximum atomic E-state index is 12.7. The van der Waals surface area contributed by atoms with E-state index in [-0.39, 0.29) is 5.69 Å². The van der Waals surface area contributed by atoms with Gasteiger partial charge in [-0.1, -0.05) is 30.0 Å². The van der Waals surface area contributed by atoms with Crippen molar-refractivity contribution < 1.29 is 23.1 Å². The van der Waals surface area contributed by atoms with Gasteiger partial charge in [-0.25, -0.2) is 0 Å². The van der Waals surface area contributed by atoms with Gasteiger partial charge in [-0.05, 0) is 37.3 Å². The van der Waals surface area contributed by atoms with E-state index in [1.54, 1.807) is 12.1 Å². The highest BCUT2D eigenvalue weighted by molar-refractivity contribution is 7.99. The van der Waals surface area contributed by atoms with Gasteiger partial charge in [-0.2, -0.15) is 18.4 Å². The lowest BCUT2D eigenvalue weighted by atomic mass is 10.1. The number of halogens is 3. The van der Waals surface area contributed by atoms with Gasteiger partial charge in [-0.15, -0.1) is 0 Å². The summed E-state index contributed by atoms with van der Waals surface area (Å²) in [7, 11) is 0. The van der Waals surface area contributed by atoms with E-state index in [1.807, 2.05) is 29.6 Å². The number of nitriles is 1. The van der Waals surface area contributed by atoms with Crippen LogP contribution in [0.1, 0.15) is 12.5 Å². The van der Waals surface area contributed by atoms with Crippen molar-refractivity contribution >= 4 is 23.4 Å². The highest BCUT2D eigenvalue weighted by atomic mass is 32.2. The number of alkyl halides is 3. The van der Waals surface area contributed by atoms with Gasteiger partial charge in [-0.3, -0.25) is 4.79 Å². The number of benzene rings is 2. The number of anilines is 1. The standard InChI is InChI=1S/C17H13F3N2O2S/c1-16(24,17(18,19)20)15(23)22-12-8-7-11(10-21)14(9-12)25-13-5-3-2-4-6-13/h2-9,24H,1H3,(H,22,23). The first-order chi connectivity index (χ1) is 11.6. The second kappa shape index (κ2) is 7.17. The summed E-state index contributed by atoms with van der Waals surface area (Å²) in [6.07, 6.45) is -5.11. The number of carbonyl (C=O) groups is 1. The van der Waals surface area contributed by atoms with Crippen molar-refractivity contribution in [1.29, 1.82) is 5.26 Å². The number of aliphatic hydroxyl groups is 1. The van der Waals surface area contributed by atoms with E-state index in [0.717, 1.165) is 4.90 Å². The summed E-state index contributed by atoms with van der Waals surface area (Å²) < 4.78 is 38.1. The number of hydrogen-bond acceptors (Lipinski definition) is 4. The Kier molecular flexibility index (Phi) is 5.40. The molecular formula is C17H13F3N2O2S. The number of nitrogens with zero attached hydrogens (tertiary/aromatic N) is 1. The van der Waals surface area contributed by atoms with Gasteiger partial charge in [0, 0.05) is 15.5 Å². The molecule has 2 rings (SSSR count). The van der Waals surface area contributed by atoms with Gasteiger partial charge in [0.2, 0.25) is 5.60 Å². The summed E-state index contributed by atoms with van der Waals surface area (Å²) in [4.78, 5) is 13.0. The number of carbonyl (C=O) groups excluding carboxylic acids is 1. The zero-order valence-electron chi connectivity index (χ0n) is 13.0. The Bertz CT molecular complexity index is 815. The predicted octanol–water partition coefficient (Wildman–Crippen LogP) is 3.96. The molecule has 2 aromatic carbocycles. The second-order valence-corrected chi connectivity index (χ2v) is 6.38. The molecule has 0 aliphatic heterocycles. The van der Waals surface area contributed by atoms with Gasteiger partial charge >= 0.3 is 6.18 Å². The highest BCUT2D eigenvalue weighted by Gasteiger charge is 2.55. The molecule has 1 amide bonds. The summed E-state index contributed by atoms with van der Waals surface area (Å²) in [5.41, 5.74) is -3.16. The molecule has 0 aliphatic carbocycles. The third-order valence-corrected chi connectivity index (χ3v) is 4.39. The monoisotopic (exact) mass is 366 g/mol. The van der Waals surface area contributed by atoms with Crippen LogP contribution < -0.4 is 5.32 Å². The quantitative estimate of drug-likeness (QED) is 0.859. The summed E-state index contributed by atoms with van der Waals surface area (Å²) in [6.45, 7) is 0.381. The van der Waals surface area contributed by atoms with Gasteiger partial charge in [0.25, 0.3) is 5.91 Å². The van der Waals surface area contributed by atoms with Crippen molar-refractivity contribution in [2.75, 3.05) is 5.32 Å². The SMILES string of the molecule is CC(O)(C(=O)Nc1ccc(C#N)c(Sc2ccccc2)c1)C(F)(F)F. The summed E-state index contributed by atoms with van der Waals surface area (Å²) in [5, 5.41) is 20.6. The topological polar surface area (TPSA) is 73.1 Å². The first-order valence-corrected chi connectivity index (χ1v) is 7.84. The van der Waals surface area contributed by atoms with Crippen LogP contribution in [-0.4, -0.2) is 22.8 Å². The molecule has 25 heavy (non-hydrogen) atoms. The molecule has 0 saturated heterocycles. The molecule has 0 aliphatic rings. The van der Waals surface area contributed by atoms with E-state index < -0.39 is 17.7 Å². The lowest BCUT2D eigenvalue weighted by molar-refractivity contribution is -0.242. The van der Waals surface area contributed by atoms with E-state index in [2.05, 4.69) is 0 Å². The normalized spacial score (nSPS) is 13.6. The molecule has 0 radical (unpaired) electrons. The van der Waals surface area contributed by atoms with Crippen LogP contribution in [0.2, 0.25) is 0 Å². The molecule has 1 atom stereocenters. The molecule has 1 unspecified atom stereocenters. The third kappa shape index (κ3) is 4.32. The van der Waals surface area contributed by atoms with Gasteiger partial charge < -0.3 is 10.4 Å². The molecule has 2 aromatic rings. The second-order valence-electron chi connectivity index (χ2n) is 5.26. The molecule has 0 spiro atoms. The van der Waals surface area contributed by atoms with Crippen molar-refractivity contribution in [3.63, 3.8) is 0 Å². The Morgan fingerprint density at radius 3 is 2.40 bits per heavy atom. The predicted molar refractivity (Wildman–Crippen MR) is 87.0 cm³/mol. The number of hydrogen-bond donors (Lipinski definition) is 2.